The Morgan fingerprint density at radius 3 is 2.67 bits per heavy atom. The molecule has 0 radical (unpaired) electrons. The Hall–Kier alpha value is -1.16. The summed E-state index contributed by atoms with van der Waals surface area (Å²) in [5.74, 6) is 0. The Bertz CT molecular complexity index is 430. The van der Waals surface area contributed by atoms with Crippen LogP contribution in [0.3, 0.4) is 0 Å². The van der Waals surface area contributed by atoms with Crippen molar-refractivity contribution in [1.29, 1.82) is 0 Å². The quantitative estimate of drug-likeness (QED) is 0.871. The average Bonchev–Trinajstić information content (AvgIpc) is 2.49. The van der Waals surface area contributed by atoms with Crippen LogP contribution in [-0.4, -0.2) is 59.8 Å². The zero-order valence-corrected chi connectivity index (χ0v) is 13.3. The fraction of sp³-hybridized carbons (Fsp3) is 0.556. The zero-order valence-electron chi connectivity index (χ0n) is 13.3. The van der Waals surface area contributed by atoms with Gasteiger partial charge in [-0.05, 0) is 25.8 Å². The number of hydrogen-bond acceptors (Lipinski definition) is 3. The van der Waals surface area contributed by atoms with E-state index in [0.29, 0.717) is 12.1 Å². The van der Waals surface area contributed by atoms with Crippen molar-refractivity contribution in [3.63, 3.8) is 0 Å². The molecule has 0 saturated carbocycles. The Kier molecular flexibility index (Phi) is 6.43. The first-order valence-corrected chi connectivity index (χ1v) is 8.01. The number of aliphatic hydroxyl groups is 1. The molecule has 2 rings (SSSR count). The first-order valence-electron chi connectivity index (χ1n) is 8.01. The van der Waals surface area contributed by atoms with Crippen LogP contribution in [0.15, 0.2) is 36.4 Å². The van der Waals surface area contributed by atoms with Gasteiger partial charge in [0.05, 0.1) is 0 Å². The zero-order chi connectivity index (χ0) is 15.1. The molecule has 3 heteroatoms. The van der Waals surface area contributed by atoms with Crippen LogP contribution in [0.5, 0.6) is 0 Å². The van der Waals surface area contributed by atoms with E-state index in [9.17, 15) is 5.11 Å². The van der Waals surface area contributed by atoms with Crippen molar-refractivity contribution in [2.75, 3.05) is 32.8 Å². The third kappa shape index (κ3) is 4.95. The highest BCUT2D eigenvalue weighted by atomic mass is 16.3. The predicted molar refractivity (Wildman–Crippen MR) is 89.2 cm³/mol. The molecule has 0 aliphatic carbocycles. The van der Waals surface area contributed by atoms with Crippen LogP contribution < -0.4 is 0 Å². The lowest BCUT2D eigenvalue weighted by atomic mass is 10.1. The minimum atomic E-state index is 0.279. The SMILES string of the molecule is CC(C)N1CCN(C/C=C/c2ccccc2)C[C@H]1CCO. The summed E-state index contributed by atoms with van der Waals surface area (Å²) in [4.78, 5) is 5.01. The van der Waals surface area contributed by atoms with E-state index >= 15 is 0 Å². The summed E-state index contributed by atoms with van der Waals surface area (Å²) in [7, 11) is 0. The van der Waals surface area contributed by atoms with E-state index in [1.54, 1.807) is 0 Å². The van der Waals surface area contributed by atoms with Gasteiger partial charge in [-0.15, -0.1) is 0 Å². The molecule has 21 heavy (non-hydrogen) atoms. The maximum absolute atomic E-state index is 9.27. The van der Waals surface area contributed by atoms with Crippen LogP contribution in [0.25, 0.3) is 6.08 Å². The maximum atomic E-state index is 9.27. The normalized spacial score (nSPS) is 21.4. The molecule has 0 amide bonds. The summed E-state index contributed by atoms with van der Waals surface area (Å²) < 4.78 is 0. The van der Waals surface area contributed by atoms with E-state index in [-0.39, 0.29) is 6.61 Å². The first-order chi connectivity index (χ1) is 10.2. The van der Waals surface area contributed by atoms with Gasteiger partial charge in [0.25, 0.3) is 0 Å². The number of piperazine rings is 1. The van der Waals surface area contributed by atoms with Crippen LogP contribution in [0.4, 0.5) is 0 Å². The Morgan fingerprint density at radius 1 is 1.24 bits per heavy atom. The lowest BCUT2D eigenvalue weighted by molar-refractivity contribution is 0.0435. The van der Waals surface area contributed by atoms with Gasteiger partial charge in [0.2, 0.25) is 0 Å². The molecular weight excluding hydrogens is 260 g/mol. The molecule has 116 valence electrons. The number of aliphatic hydroxyl groups excluding tert-OH is 1. The molecule has 1 aliphatic rings. The van der Waals surface area contributed by atoms with E-state index in [1.165, 1.54) is 5.56 Å². The number of nitrogens with zero attached hydrogens (tertiary/aromatic N) is 2. The van der Waals surface area contributed by atoms with Crippen molar-refractivity contribution >= 4 is 6.08 Å². The first kappa shape index (κ1) is 16.2. The molecule has 1 N–H and O–H groups in total. The Morgan fingerprint density at radius 2 is 2.00 bits per heavy atom. The monoisotopic (exact) mass is 288 g/mol. The van der Waals surface area contributed by atoms with Crippen LogP contribution in [0, 0.1) is 0 Å². The van der Waals surface area contributed by atoms with Crippen molar-refractivity contribution in [2.45, 2.75) is 32.4 Å². The van der Waals surface area contributed by atoms with Crippen molar-refractivity contribution in [3.8, 4) is 0 Å². The smallest absolute Gasteiger partial charge is 0.0446 e. The van der Waals surface area contributed by atoms with Crippen LogP contribution in [0.1, 0.15) is 25.8 Å². The van der Waals surface area contributed by atoms with Gasteiger partial charge < -0.3 is 5.11 Å². The summed E-state index contributed by atoms with van der Waals surface area (Å²) >= 11 is 0. The van der Waals surface area contributed by atoms with Crippen LogP contribution in [0.2, 0.25) is 0 Å². The summed E-state index contributed by atoms with van der Waals surface area (Å²) in [5.41, 5.74) is 1.25. The number of hydrogen-bond donors (Lipinski definition) is 1. The predicted octanol–water partition coefficient (Wildman–Crippen LogP) is 2.48. The Labute approximate surface area is 128 Å². The molecule has 0 unspecified atom stereocenters. The third-order valence-electron chi connectivity index (χ3n) is 4.21. The second-order valence-electron chi connectivity index (χ2n) is 6.07. The highest BCUT2D eigenvalue weighted by Crippen LogP contribution is 2.16. The second-order valence-corrected chi connectivity index (χ2v) is 6.07. The average molecular weight is 288 g/mol. The molecule has 1 atom stereocenters. The molecule has 1 heterocycles. The highest BCUT2D eigenvalue weighted by Gasteiger charge is 2.27. The molecule has 1 fully saturated rings. The van der Waals surface area contributed by atoms with Gasteiger partial charge in [-0.25, -0.2) is 0 Å². The molecule has 1 aromatic carbocycles. The van der Waals surface area contributed by atoms with Gasteiger partial charge in [0.15, 0.2) is 0 Å². The van der Waals surface area contributed by atoms with Crippen LogP contribution >= 0.6 is 0 Å². The van der Waals surface area contributed by atoms with Gasteiger partial charge >= 0.3 is 0 Å². The molecular formula is C18H28N2O. The highest BCUT2D eigenvalue weighted by molar-refractivity contribution is 5.48. The lowest BCUT2D eigenvalue weighted by Crippen LogP contribution is -2.55. The topological polar surface area (TPSA) is 26.7 Å². The van der Waals surface area contributed by atoms with Crippen molar-refractivity contribution < 1.29 is 5.11 Å². The number of benzene rings is 1. The van der Waals surface area contributed by atoms with Crippen molar-refractivity contribution in [3.05, 3.63) is 42.0 Å². The summed E-state index contributed by atoms with van der Waals surface area (Å²) in [6, 6.07) is 11.5. The maximum Gasteiger partial charge on any atom is 0.0446 e. The summed E-state index contributed by atoms with van der Waals surface area (Å²) in [6.45, 7) is 9.02. The fourth-order valence-electron chi connectivity index (χ4n) is 3.09. The van der Waals surface area contributed by atoms with Gasteiger partial charge in [-0.3, -0.25) is 9.80 Å². The molecule has 3 nitrogen and oxygen atoms in total. The number of rotatable bonds is 6. The summed E-state index contributed by atoms with van der Waals surface area (Å²) in [6.07, 6.45) is 5.31. The van der Waals surface area contributed by atoms with E-state index in [1.807, 2.05) is 6.07 Å². The molecule has 0 bridgehead atoms. The van der Waals surface area contributed by atoms with Gasteiger partial charge in [0.1, 0.15) is 0 Å². The van der Waals surface area contributed by atoms with Crippen LogP contribution in [-0.2, 0) is 0 Å². The molecule has 0 aromatic heterocycles. The largest absolute Gasteiger partial charge is 0.396 e. The van der Waals surface area contributed by atoms with Gasteiger partial charge in [-0.1, -0.05) is 42.5 Å². The fourth-order valence-corrected chi connectivity index (χ4v) is 3.09. The second kappa shape index (κ2) is 8.32. The standard InChI is InChI=1S/C18H28N2O/c1-16(2)20-13-12-19(15-18(20)10-14-21)11-6-9-17-7-4-3-5-8-17/h3-9,16,18,21H,10-15H2,1-2H3/b9-6+/t18-/m1/s1. The lowest BCUT2D eigenvalue weighted by Gasteiger charge is -2.43. The molecule has 0 spiro atoms. The molecule has 1 saturated heterocycles. The molecule has 1 aromatic rings. The van der Waals surface area contributed by atoms with E-state index in [2.05, 4.69) is 60.1 Å². The summed E-state index contributed by atoms with van der Waals surface area (Å²) in [5, 5.41) is 9.27. The van der Waals surface area contributed by atoms with Crippen molar-refractivity contribution in [2.24, 2.45) is 0 Å². The van der Waals surface area contributed by atoms with E-state index < -0.39 is 0 Å². The van der Waals surface area contributed by atoms with Gasteiger partial charge in [0, 0.05) is 44.9 Å². The minimum absolute atomic E-state index is 0.279. The van der Waals surface area contributed by atoms with Crippen molar-refractivity contribution in [1.82, 2.24) is 9.80 Å². The molecule has 1 aliphatic heterocycles. The Balaban J connectivity index is 1.86. The van der Waals surface area contributed by atoms with Gasteiger partial charge in [-0.2, -0.15) is 0 Å². The minimum Gasteiger partial charge on any atom is -0.396 e. The third-order valence-corrected chi connectivity index (χ3v) is 4.21. The van der Waals surface area contributed by atoms with E-state index in [4.69, 9.17) is 0 Å². The van der Waals surface area contributed by atoms with E-state index in [0.717, 1.165) is 32.6 Å².